The molecule has 0 aromatic heterocycles. The van der Waals surface area contributed by atoms with Crippen molar-refractivity contribution < 1.29 is 5.11 Å². The van der Waals surface area contributed by atoms with Gasteiger partial charge in [-0.05, 0) is 18.3 Å². The fraction of sp³-hybridized carbons (Fsp3) is 1.00. The summed E-state index contributed by atoms with van der Waals surface area (Å²) in [5.41, 5.74) is 5.14. The van der Waals surface area contributed by atoms with Gasteiger partial charge in [-0.2, -0.15) is 0 Å². The van der Waals surface area contributed by atoms with Gasteiger partial charge in [-0.3, -0.25) is 0 Å². The molecule has 2 heteroatoms. The number of rotatable bonds is 1. The van der Waals surface area contributed by atoms with E-state index in [1.54, 1.807) is 0 Å². The highest BCUT2D eigenvalue weighted by Gasteiger charge is 2.46. The third kappa shape index (κ3) is 1.25. The molecule has 0 amide bonds. The van der Waals surface area contributed by atoms with E-state index >= 15 is 0 Å². The van der Waals surface area contributed by atoms with Gasteiger partial charge in [0.2, 0.25) is 0 Å². The fourth-order valence-electron chi connectivity index (χ4n) is 1.87. The Labute approximate surface area is 56.1 Å². The van der Waals surface area contributed by atoms with Crippen LogP contribution in [-0.2, 0) is 0 Å². The van der Waals surface area contributed by atoms with Gasteiger partial charge in [0.05, 0.1) is 5.60 Å². The second-order valence-electron chi connectivity index (χ2n) is 3.95. The first kappa shape index (κ1) is 7.03. The molecule has 1 aliphatic carbocycles. The van der Waals surface area contributed by atoms with Crippen LogP contribution in [0.25, 0.3) is 0 Å². The van der Waals surface area contributed by atoms with Crippen molar-refractivity contribution in [1.29, 1.82) is 0 Å². The van der Waals surface area contributed by atoms with Crippen LogP contribution in [0.1, 0.15) is 26.7 Å². The quantitative estimate of drug-likeness (QED) is 0.541. The van der Waals surface area contributed by atoms with E-state index in [1.165, 1.54) is 0 Å². The molecule has 0 unspecified atom stereocenters. The van der Waals surface area contributed by atoms with E-state index in [-0.39, 0.29) is 0 Å². The summed E-state index contributed by atoms with van der Waals surface area (Å²) in [6.45, 7) is 4.71. The zero-order valence-electron chi connectivity index (χ0n) is 6.15. The largest absolute Gasteiger partial charge is 0.389 e. The molecular weight excluding hydrogens is 114 g/mol. The summed E-state index contributed by atoms with van der Waals surface area (Å²) in [7, 11) is 0. The molecule has 2 nitrogen and oxygen atoms in total. The normalized spacial score (nSPS) is 29.3. The molecule has 54 valence electrons. The lowest BCUT2D eigenvalue weighted by molar-refractivity contribution is -0.104. The Morgan fingerprint density at radius 2 is 1.89 bits per heavy atom. The van der Waals surface area contributed by atoms with Gasteiger partial charge in [-0.25, -0.2) is 0 Å². The highest BCUT2D eigenvalue weighted by atomic mass is 16.3. The summed E-state index contributed by atoms with van der Waals surface area (Å²) in [5, 5.41) is 9.43. The van der Waals surface area contributed by atoms with Crippen LogP contribution in [0, 0.1) is 5.41 Å². The SMILES string of the molecule is CC1(C)CC(O)(CN)C1. The Morgan fingerprint density at radius 3 is 2.00 bits per heavy atom. The maximum absolute atomic E-state index is 9.43. The van der Waals surface area contributed by atoms with Crippen molar-refractivity contribution in [3.63, 3.8) is 0 Å². The van der Waals surface area contributed by atoms with Gasteiger partial charge in [0, 0.05) is 6.54 Å². The summed E-state index contributed by atoms with van der Waals surface area (Å²) in [6.07, 6.45) is 1.72. The van der Waals surface area contributed by atoms with Crippen molar-refractivity contribution in [2.75, 3.05) is 6.54 Å². The summed E-state index contributed by atoms with van der Waals surface area (Å²) >= 11 is 0. The number of nitrogens with two attached hydrogens (primary N) is 1. The van der Waals surface area contributed by atoms with Crippen molar-refractivity contribution in [1.82, 2.24) is 0 Å². The number of aliphatic hydroxyl groups is 1. The first-order chi connectivity index (χ1) is 3.97. The Balaban J connectivity index is 2.41. The second-order valence-corrected chi connectivity index (χ2v) is 3.95. The molecule has 0 saturated heterocycles. The molecular formula is C7H15NO. The molecule has 3 N–H and O–H groups in total. The van der Waals surface area contributed by atoms with Crippen LogP contribution in [0.4, 0.5) is 0 Å². The smallest absolute Gasteiger partial charge is 0.0779 e. The van der Waals surface area contributed by atoms with E-state index in [9.17, 15) is 5.11 Å². The van der Waals surface area contributed by atoms with Crippen LogP contribution >= 0.6 is 0 Å². The standard InChI is InChI=1S/C7H15NO/c1-6(2)3-7(9,4-6)5-8/h9H,3-5,8H2,1-2H3. The Morgan fingerprint density at radius 1 is 1.44 bits per heavy atom. The minimum Gasteiger partial charge on any atom is -0.389 e. The highest BCUT2D eigenvalue weighted by molar-refractivity contribution is 4.99. The van der Waals surface area contributed by atoms with Crippen molar-refractivity contribution in [3.05, 3.63) is 0 Å². The molecule has 0 aromatic carbocycles. The van der Waals surface area contributed by atoms with Gasteiger partial charge in [0.1, 0.15) is 0 Å². The molecule has 1 rings (SSSR count). The molecule has 0 atom stereocenters. The van der Waals surface area contributed by atoms with Crippen LogP contribution in [0.15, 0.2) is 0 Å². The summed E-state index contributed by atoms with van der Waals surface area (Å²) < 4.78 is 0. The van der Waals surface area contributed by atoms with Crippen LogP contribution in [-0.4, -0.2) is 17.3 Å². The van der Waals surface area contributed by atoms with Gasteiger partial charge < -0.3 is 10.8 Å². The Bertz CT molecular complexity index is 112. The van der Waals surface area contributed by atoms with Gasteiger partial charge in [0.15, 0.2) is 0 Å². The average Bonchev–Trinajstić information content (AvgIpc) is 1.61. The lowest BCUT2D eigenvalue weighted by atomic mass is 9.61. The predicted molar refractivity (Wildman–Crippen MR) is 37.0 cm³/mol. The predicted octanol–water partition coefficient (Wildman–Crippen LogP) is 0.496. The molecule has 1 aliphatic rings. The second kappa shape index (κ2) is 1.70. The third-order valence-electron chi connectivity index (χ3n) is 2.00. The van der Waals surface area contributed by atoms with Crippen molar-refractivity contribution in [3.8, 4) is 0 Å². The van der Waals surface area contributed by atoms with Crippen LogP contribution < -0.4 is 5.73 Å². The summed E-state index contributed by atoms with van der Waals surface area (Å²) in [4.78, 5) is 0. The Hall–Kier alpha value is -0.0800. The molecule has 0 heterocycles. The maximum atomic E-state index is 9.43. The first-order valence-electron chi connectivity index (χ1n) is 3.40. The Kier molecular flexibility index (Phi) is 1.33. The topological polar surface area (TPSA) is 46.2 Å². The lowest BCUT2D eigenvalue weighted by Gasteiger charge is -2.49. The van der Waals surface area contributed by atoms with Crippen molar-refractivity contribution in [2.24, 2.45) is 11.1 Å². The average molecular weight is 129 g/mol. The summed E-state index contributed by atoms with van der Waals surface area (Å²) in [5.74, 6) is 0. The minimum absolute atomic E-state index is 0.328. The minimum atomic E-state index is -0.524. The van der Waals surface area contributed by atoms with E-state index in [4.69, 9.17) is 5.73 Å². The number of hydrogen-bond donors (Lipinski definition) is 2. The molecule has 9 heavy (non-hydrogen) atoms. The molecule has 0 aliphatic heterocycles. The lowest BCUT2D eigenvalue weighted by Crippen LogP contribution is -2.53. The molecule has 0 bridgehead atoms. The van der Waals surface area contributed by atoms with Crippen molar-refractivity contribution in [2.45, 2.75) is 32.3 Å². The van der Waals surface area contributed by atoms with E-state index < -0.39 is 5.60 Å². The maximum Gasteiger partial charge on any atom is 0.0779 e. The third-order valence-corrected chi connectivity index (χ3v) is 2.00. The van der Waals surface area contributed by atoms with Gasteiger partial charge in [-0.15, -0.1) is 0 Å². The highest BCUT2D eigenvalue weighted by Crippen LogP contribution is 2.46. The van der Waals surface area contributed by atoms with Crippen LogP contribution in [0.3, 0.4) is 0 Å². The number of hydrogen-bond acceptors (Lipinski definition) is 2. The van der Waals surface area contributed by atoms with Crippen LogP contribution in [0.5, 0.6) is 0 Å². The summed E-state index contributed by atoms with van der Waals surface area (Å²) in [6, 6.07) is 0. The molecule has 0 spiro atoms. The molecule has 1 saturated carbocycles. The fourth-order valence-corrected chi connectivity index (χ4v) is 1.87. The van der Waals surface area contributed by atoms with Gasteiger partial charge >= 0.3 is 0 Å². The zero-order chi connectivity index (χ0) is 7.12. The monoisotopic (exact) mass is 129 g/mol. The zero-order valence-corrected chi connectivity index (χ0v) is 6.15. The van der Waals surface area contributed by atoms with Crippen LogP contribution in [0.2, 0.25) is 0 Å². The van der Waals surface area contributed by atoms with E-state index in [2.05, 4.69) is 13.8 Å². The van der Waals surface area contributed by atoms with Gasteiger partial charge in [0.25, 0.3) is 0 Å². The van der Waals surface area contributed by atoms with E-state index in [0.29, 0.717) is 12.0 Å². The molecule has 0 radical (unpaired) electrons. The molecule has 0 aromatic rings. The van der Waals surface area contributed by atoms with Crippen molar-refractivity contribution >= 4 is 0 Å². The van der Waals surface area contributed by atoms with Gasteiger partial charge in [-0.1, -0.05) is 13.8 Å². The van der Waals surface area contributed by atoms with E-state index in [0.717, 1.165) is 12.8 Å². The molecule has 1 fully saturated rings. The first-order valence-corrected chi connectivity index (χ1v) is 3.40. The van der Waals surface area contributed by atoms with E-state index in [1.807, 2.05) is 0 Å².